The molecule has 0 spiro atoms. The van der Waals surface area contributed by atoms with E-state index in [2.05, 4.69) is 42.5 Å². The number of unbranched alkanes of at least 4 members (excludes halogenated alkanes) is 3. The van der Waals surface area contributed by atoms with E-state index >= 15 is 0 Å². The van der Waals surface area contributed by atoms with Gasteiger partial charge >= 0.3 is 19.5 Å². The lowest BCUT2D eigenvalue weighted by molar-refractivity contribution is -0.0542. The van der Waals surface area contributed by atoms with Gasteiger partial charge in [0.2, 0.25) is 0 Å². The molecule has 3 aromatic carbocycles. The summed E-state index contributed by atoms with van der Waals surface area (Å²) in [5.74, 6) is 3.42. The molecule has 2 aromatic heterocycles. The fraction of sp³-hybridized carbons (Fsp3) is 0.286. The minimum absolute atomic E-state index is 0.0296. The summed E-state index contributed by atoms with van der Waals surface area (Å²) in [6.45, 7) is 0.174. The Kier molecular flexibility index (Phi) is 17.7. The van der Waals surface area contributed by atoms with Crippen molar-refractivity contribution < 1.29 is 83.7 Å². The molecule has 0 bridgehead atoms. The van der Waals surface area contributed by atoms with Gasteiger partial charge in [-0.2, -0.15) is 21.8 Å². The number of carboxylic acids is 1. The normalized spacial score (nSPS) is 16.6. The number of aryl methyl sites for hydroxylation is 2. The van der Waals surface area contributed by atoms with E-state index in [1.165, 1.54) is 36.5 Å². The highest BCUT2D eigenvalue weighted by atomic mass is 32.2. The number of nitrogens with two attached hydrogens (primary N) is 1. The van der Waals surface area contributed by atoms with Crippen molar-refractivity contribution in [1.29, 1.82) is 5.41 Å². The Morgan fingerprint density at radius 1 is 0.925 bits per heavy atom. The molecule has 4 heterocycles. The van der Waals surface area contributed by atoms with Gasteiger partial charge in [0.05, 0.1) is 35.5 Å². The van der Waals surface area contributed by atoms with Gasteiger partial charge in [-0.05, 0) is 78.6 Å². The molecular weight excluding hydrogens is 1110 g/mol. The van der Waals surface area contributed by atoms with Crippen molar-refractivity contribution in [2.75, 3.05) is 24.4 Å². The maximum atomic E-state index is 13.3. The van der Waals surface area contributed by atoms with Gasteiger partial charge in [-0.3, -0.25) is 37.9 Å². The SMILES string of the molecule is N=c1ccc2c(-c3ccc(C(=O)NCCCCCCn4cc(CCC#Cc5cccc(CONc6ccn([C@@H]7O[C@H](COP(=O)(O)O)[C@@H](O)[C@H]7O)c(=O)n6)c5)nn4)cc3C(=O)O)c3ccc(N)c(S(=O)(=O)O)c3oc-2c1S(=O)(=O)O. The first-order valence-electron chi connectivity index (χ1n) is 24.0. The molecule has 12 N–H and O–H groups in total. The van der Waals surface area contributed by atoms with Crippen LogP contribution in [0.5, 0.6) is 0 Å². The second kappa shape index (κ2) is 24.3. The zero-order valence-corrected chi connectivity index (χ0v) is 44.1. The largest absolute Gasteiger partial charge is 0.478 e. The van der Waals surface area contributed by atoms with Crippen molar-refractivity contribution in [1.82, 2.24) is 29.9 Å². The number of rotatable bonds is 22. The number of nitrogens with zero attached hydrogens (tertiary/aromatic N) is 5. The molecule has 3 aliphatic rings. The number of hydrogen-bond donors (Lipinski definition) is 11. The number of amides is 1. The molecule has 28 nitrogen and oxygen atoms in total. The monoisotopic (exact) mass is 1160 g/mol. The number of fused-ring (bicyclic) bond motifs is 2. The highest BCUT2D eigenvalue weighted by Gasteiger charge is 2.45. The molecule has 0 radical (unpaired) electrons. The number of carbonyl (C=O) groups excluding carboxylic acids is 1. The number of benzene rings is 4. The lowest BCUT2D eigenvalue weighted by atomic mass is 9.89. The maximum absolute atomic E-state index is 13.3. The summed E-state index contributed by atoms with van der Waals surface area (Å²) in [5, 5.41) is 49.5. The molecule has 1 saturated heterocycles. The summed E-state index contributed by atoms with van der Waals surface area (Å²) >= 11 is 0. The Balaban J connectivity index is 0.781. The van der Waals surface area contributed by atoms with Crippen molar-refractivity contribution >= 4 is 62.4 Å². The van der Waals surface area contributed by atoms with Crippen LogP contribution in [-0.2, 0) is 58.5 Å². The number of anilines is 2. The first-order valence-corrected chi connectivity index (χ1v) is 28.4. The minimum atomic E-state index is -5.21. The number of nitrogen functional groups attached to an aromatic ring is 1. The zero-order chi connectivity index (χ0) is 57.7. The third kappa shape index (κ3) is 13.8. The van der Waals surface area contributed by atoms with Crippen LogP contribution in [-0.4, -0.2) is 119 Å². The van der Waals surface area contributed by atoms with Gasteiger partial charge < -0.3 is 45.3 Å². The Morgan fingerprint density at radius 3 is 2.40 bits per heavy atom. The summed E-state index contributed by atoms with van der Waals surface area (Å²) in [6.07, 6.45) is 1.04. The van der Waals surface area contributed by atoms with Crippen molar-refractivity contribution in [2.24, 2.45) is 0 Å². The van der Waals surface area contributed by atoms with E-state index in [-0.39, 0.29) is 46.6 Å². The summed E-state index contributed by atoms with van der Waals surface area (Å²) in [4.78, 5) is 64.0. The summed E-state index contributed by atoms with van der Waals surface area (Å²) in [7, 11) is -15.3. The highest BCUT2D eigenvalue weighted by Crippen LogP contribution is 2.46. The second-order valence-corrected chi connectivity index (χ2v) is 22.0. The van der Waals surface area contributed by atoms with E-state index in [1.807, 2.05) is 24.4 Å². The van der Waals surface area contributed by atoms with Crippen molar-refractivity contribution in [3.05, 3.63) is 129 Å². The molecule has 80 heavy (non-hydrogen) atoms. The number of aromatic carboxylic acids is 1. The molecule has 0 saturated carbocycles. The number of aliphatic hydroxyl groups is 2. The lowest BCUT2D eigenvalue weighted by Crippen LogP contribution is -2.36. The Labute approximate surface area is 453 Å². The smallest absolute Gasteiger partial charge is 0.469 e. The van der Waals surface area contributed by atoms with Gasteiger partial charge in [0.1, 0.15) is 18.3 Å². The van der Waals surface area contributed by atoms with Crippen LogP contribution in [0, 0.1) is 17.3 Å². The van der Waals surface area contributed by atoms with E-state index in [0.29, 0.717) is 25.8 Å². The lowest BCUT2D eigenvalue weighted by Gasteiger charge is -2.20. The number of hydrogen-bond acceptors (Lipinski definition) is 20. The van der Waals surface area contributed by atoms with Gasteiger partial charge in [-0.1, -0.05) is 48.1 Å². The second-order valence-electron chi connectivity index (χ2n) is 18.0. The number of aromatic nitrogens is 5. The van der Waals surface area contributed by atoms with Crippen LogP contribution in [0.1, 0.15) is 75.9 Å². The van der Waals surface area contributed by atoms with Crippen LogP contribution in [0.2, 0.25) is 0 Å². The molecule has 2 aliphatic heterocycles. The van der Waals surface area contributed by atoms with E-state index in [9.17, 15) is 60.2 Å². The molecule has 31 heteroatoms. The van der Waals surface area contributed by atoms with Gasteiger partial charge in [0.25, 0.3) is 26.1 Å². The number of aliphatic hydroxyl groups excluding tert-OH is 2. The number of ether oxygens (including phenoxy) is 1. The predicted octanol–water partition coefficient (Wildman–Crippen LogP) is 2.85. The van der Waals surface area contributed by atoms with Crippen LogP contribution in [0.25, 0.3) is 33.4 Å². The molecule has 1 fully saturated rings. The molecule has 1 aliphatic carbocycles. The van der Waals surface area contributed by atoms with Gasteiger partial charge in [-0.15, -0.1) is 5.10 Å². The number of carbonyl (C=O) groups is 2. The first-order chi connectivity index (χ1) is 37.9. The number of phosphoric ester groups is 1. The predicted molar refractivity (Wildman–Crippen MR) is 278 cm³/mol. The maximum Gasteiger partial charge on any atom is 0.469 e. The van der Waals surface area contributed by atoms with E-state index in [4.69, 9.17) is 34.9 Å². The number of phosphoric acid groups is 1. The Bertz CT molecular complexity index is 3950. The molecule has 5 aromatic rings. The molecular formula is C49H50N9O19PS2. The fourth-order valence-corrected chi connectivity index (χ4v) is 10.5. The number of nitrogens with one attached hydrogen (secondary N) is 3. The van der Waals surface area contributed by atoms with Crippen molar-refractivity contribution in [2.45, 2.75) is 86.0 Å². The van der Waals surface area contributed by atoms with Crippen molar-refractivity contribution in [3.63, 3.8) is 0 Å². The summed E-state index contributed by atoms with van der Waals surface area (Å²) in [6, 6.07) is 16.9. The summed E-state index contributed by atoms with van der Waals surface area (Å²) < 4.78 is 99.3. The summed E-state index contributed by atoms with van der Waals surface area (Å²) in [5.41, 5.74) is 7.67. The van der Waals surface area contributed by atoms with Gasteiger partial charge in [-0.25, -0.2) is 19.6 Å². The molecule has 422 valence electrons. The van der Waals surface area contributed by atoms with Crippen LogP contribution >= 0.6 is 7.82 Å². The third-order valence-electron chi connectivity index (χ3n) is 12.4. The first kappa shape index (κ1) is 58.4. The zero-order valence-electron chi connectivity index (χ0n) is 41.6. The van der Waals surface area contributed by atoms with E-state index in [0.717, 1.165) is 58.8 Å². The quantitative estimate of drug-likeness (QED) is 0.00884. The Hall–Kier alpha value is -7.76. The molecule has 4 atom stereocenters. The standard InChI is InChI=1S/C49H50N9O19PS2/c50-35-16-14-32-39(33-15-17-36(51)45(80(71,72)73)43(33)77-42(32)44(35)79(68,69)70)31-13-12-29(23-34(31)48(62)63)46(61)52-19-5-1-2-6-20-57-24-30(54-56-57)11-4-3-8-27-9-7-10-28(22-27)25-74-55-38-18-21-58(49(64)53-38)47-41(60)40(59)37(76-47)26-75-78(65,66)67/h7,9-10,12-18,21-24,37,40-41,47,50,59-60H,1-2,4-6,11,19-20,25-26,51H2,(H,52,61)(H,62,63)(H,53,55,64)(H2,65,66,67)(H,68,69,70)(H,71,72,73)/t37-,40-,41-,47-/m1/s1. The third-order valence-corrected chi connectivity index (χ3v) is 14.8. The van der Waals surface area contributed by atoms with Crippen LogP contribution in [0.3, 0.4) is 0 Å². The van der Waals surface area contributed by atoms with Gasteiger partial charge in [0.15, 0.2) is 33.2 Å². The average Bonchev–Trinajstić information content (AvgIpc) is 3.97. The van der Waals surface area contributed by atoms with E-state index < -0.39 is 115 Å². The fourth-order valence-electron chi connectivity index (χ4n) is 8.71. The Morgan fingerprint density at radius 2 is 1.68 bits per heavy atom. The topological polar surface area (TPSA) is 441 Å². The minimum Gasteiger partial charge on any atom is -0.478 e. The van der Waals surface area contributed by atoms with Crippen LogP contribution in [0.4, 0.5) is 11.5 Å². The van der Waals surface area contributed by atoms with Crippen LogP contribution in [0.15, 0.2) is 104 Å². The number of carboxylic acid groups (broad SMARTS) is 1. The van der Waals surface area contributed by atoms with Gasteiger partial charge in [0, 0.05) is 66.0 Å². The molecule has 0 unspecified atom stereocenters. The highest BCUT2D eigenvalue weighted by molar-refractivity contribution is 7.86. The van der Waals surface area contributed by atoms with Crippen LogP contribution < -0.4 is 27.6 Å². The molecule has 8 rings (SSSR count). The average molecular weight is 1160 g/mol. The molecule has 1 amide bonds. The van der Waals surface area contributed by atoms with E-state index in [1.54, 1.807) is 10.7 Å². The van der Waals surface area contributed by atoms with Crippen molar-refractivity contribution in [3.8, 4) is 34.3 Å².